The number of nitrogens with zero attached hydrogens (tertiary/aromatic N) is 4. The zero-order valence-electron chi connectivity index (χ0n) is 27.6. The number of halogens is 1. The Balaban J connectivity index is 0.000000419. The Labute approximate surface area is 291 Å². The summed E-state index contributed by atoms with van der Waals surface area (Å²) in [5.74, 6) is -0.277. The fourth-order valence-electron chi connectivity index (χ4n) is 4.58. The number of nitrogens with one attached hydrogen (secondary N) is 2. The lowest BCUT2D eigenvalue weighted by Gasteiger charge is -2.16. The molecule has 1 saturated heterocycles. The van der Waals surface area contributed by atoms with Crippen LogP contribution in [0.5, 0.6) is 11.5 Å². The van der Waals surface area contributed by atoms with Gasteiger partial charge >= 0.3 is 5.97 Å². The van der Waals surface area contributed by atoms with Gasteiger partial charge in [0.25, 0.3) is 0 Å². The quantitative estimate of drug-likeness (QED) is 0.119. The molecule has 1 aliphatic heterocycles. The van der Waals surface area contributed by atoms with Crippen LogP contribution < -0.4 is 20.1 Å². The van der Waals surface area contributed by atoms with E-state index in [-0.39, 0.29) is 25.5 Å². The van der Waals surface area contributed by atoms with Gasteiger partial charge in [0, 0.05) is 42.6 Å². The topological polar surface area (TPSA) is 170 Å². The first kappa shape index (κ1) is 38.2. The normalized spacial score (nSPS) is 12.0. The number of aromatic nitrogens is 2. The molecule has 0 radical (unpaired) electrons. The van der Waals surface area contributed by atoms with Gasteiger partial charge in [0.15, 0.2) is 0 Å². The van der Waals surface area contributed by atoms with Crippen molar-refractivity contribution in [2.45, 2.75) is 39.2 Å². The number of carboxylic acid groups (broad SMARTS) is 1. The van der Waals surface area contributed by atoms with Crippen molar-refractivity contribution in [1.82, 2.24) is 14.9 Å². The van der Waals surface area contributed by atoms with Gasteiger partial charge in [-0.25, -0.2) is 0 Å². The van der Waals surface area contributed by atoms with Crippen molar-refractivity contribution in [3.8, 4) is 17.6 Å². The third-order valence-corrected chi connectivity index (χ3v) is 7.31. The van der Waals surface area contributed by atoms with Crippen LogP contribution in [0.2, 0.25) is 5.02 Å². The Kier molecular flexibility index (Phi) is 15.8. The fourth-order valence-corrected chi connectivity index (χ4v) is 4.81. The van der Waals surface area contributed by atoms with Gasteiger partial charge in [0.1, 0.15) is 24.2 Å². The molecule has 0 bridgehead atoms. The monoisotopic (exact) mass is 688 g/mol. The number of benzene rings is 2. The average molecular weight is 689 g/mol. The summed E-state index contributed by atoms with van der Waals surface area (Å²) >= 11 is 6.47. The van der Waals surface area contributed by atoms with Crippen LogP contribution in [0.4, 0.5) is 17.1 Å². The first-order chi connectivity index (χ1) is 23.7. The molecule has 4 N–H and O–H groups in total. The Morgan fingerprint density at radius 2 is 1.90 bits per heavy atom. The number of rotatable bonds is 12. The number of ether oxygens (including phenoxy) is 2. The zero-order valence-corrected chi connectivity index (χ0v) is 28.4. The number of hydrogen-bond donors (Lipinski definition) is 4. The van der Waals surface area contributed by atoms with Crippen LogP contribution in [-0.2, 0) is 16.2 Å². The third-order valence-electron chi connectivity index (χ3n) is 7.01. The number of aliphatic carboxylic acids is 1. The van der Waals surface area contributed by atoms with Crippen LogP contribution in [-0.4, -0.2) is 70.3 Å². The summed E-state index contributed by atoms with van der Waals surface area (Å²) in [6.45, 7) is 8.62. The fraction of sp³-hybridized carbons (Fsp3) is 0.306. The Hall–Kier alpha value is -5.22. The maximum absolute atomic E-state index is 12.0. The summed E-state index contributed by atoms with van der Waals surface area (Å²) < 4.78 is 11.5. The molecule has 1 fully saturated rings. The highest BCUT2D eigenvalue weighted by molar-refractivity contribution is 6.32. The second-order valence-corrected chi connectivity index (χ2v) is 11.2. The van der Waals surface area contributed by atoms with Crippen molar-refractivity contribution in [3.63, 3.8) is 0 Å². The number of carboxylic acids is 1. The largest absolute Gasteiger partial charge is 0.492 e. The molecule has 2 aromatic heterocycles. The summed E-state index contributed by atoms with van der Waals surface area (Å²) in [5, 5.41) is 32.7. The van der Waals surface area contributed by atoms with E-state index in [1.54, 1.807) is 36.5 Å². The van der Waals surface area contributed by atoms with Crippen LogP contribution in [0.1, 0.15) is 43.9 Å². The molecule has 258 valence electrons. The molecule has 0 atom stereocenters. The van der Waals surface area contributed by atoms with Crippen LogP contribution in [0, 0.1) is 11.3 Å². The lowest BCUT2D eigenvalue weighted by Crippen LogP contribution is -2.10. The molecule has 0 saturated carbocycles. The van der Waals surface area contributed by atoms with Gasteiger partial charge in [0.2, 0.25) is 5.91 Å². The first-order valence-electron chi connectivity index (χ1n) is 15.7. The van der Waals surface area contributed by atoms with E-state index >= 15 is 0 Å². The average Bonchev–Trinajstić information content (AvgIpc) is 3.59. The molecule has 2 aromatic carbocycles. The van der Waals surface area contributed by atoms with E-state index < -0.39 is 5.97 Å². The highest BCUT2D eigenvalue weighted by Gasteiger charge is 2.16. The second-order valence-electron chi connectivity index (χ2n) is 10.8. The van der Waals surface area contributed by atoms with Crippen molar-refractivity contribution in [1.29, 1.82) is 5.26 Å². The lowest BCUT2D eigenvalue weighted by molar-refractivity contribution is -0.137. The van der Waals surface area contributed by atoms with Crippen molar-refractivity contribution in [2.24, 2.45) is 0 Å². The molecule has 4 aromatic rings. The molecular formula is C36H41ClN6O6. The van der Waals surface area contributed by atoms with E-state index in [2.05, 4.69) is 45.2 Å². The Morgan fingerprint density at radius 3 is 2.45 bits per heavy atom. The number of carbonyl (C=O) groups is 2. The molecule has 13 heteroatoms. The predicted molar refractivity (Wildman–Crippen MR) is 190 cm³/mol. The molecule has 49 heavy (non-hydrogen) atoms. The molecule has 1 amide bonds. The summed E-state index contributed by atoms with van der Waals surface area (Å²) in [5.41, 5.74) is 3.27. The zero-order chi connectivity index (χ0) is 35.6. The lowest BCUT2D eigenvalue weighted by atomic mass is 10.1. The standard InChI is InChI=1S/C27H22ClN5O3.C5H11N.C4H8O3/c1-3-26(34)33-23-12-20-22(13-25(23)35-4-2)31-15-17(14-29)27(20)32-18-8-9-24(21(28)11-18)36-16-19-7-5-6-10-30-19;1-6-4-2-3-5-6;5-3-1-2-4(6)7/h3,5-13,15H,1,4,16H2,2H3,(H,31,32)(H,33,34);2-5H2,1H3;5H,1-3H2,(H,6,7). The summed E-state index contributed by atoms with van der Waals surface area (Å²) in [6, 6.07) is 16.4. The van der Waals surface area contributed by atoms with E-state index in [0.29, 0.717) is 63.1 Å². The van der Waals surface area contributed by atoms with Gasteiger partial charge in [-0.05, 0) is 88.8 Å². The summed E-state index contributed by atoms with van der Waals surface area (Å²) in [7, 11) is 2.17. The van der Waals surface area contributed by atoms with Gasteiger partial charge < -0.3 is 35.2 Å². The highest BCUT2D eigenvalue weighted by Crippen LogP contribution is 2.37. The number of aliphatic hydroxyl groups is 1. The minimum Gasteiger partial charge on any atom is -0.492 e. The third kappa shape index (κ3) is 12.4. The second kappa shape index (κ2) is 20.2. The number of aliphatic hydroxyl groups excluding tert-OH is 1. The maximum atomic E-state index is 12.0. The highest BCUT2D eigenvalue weighted by atomic mass is 35.5. The molecule has 1 aliphatic rings. The maximum Gasteiger partial charge on any atom is 0.303 e. The minimum atomic E-state index is -0.853. The van der Waals surface area contributed by atoms with Crippen LogP contribution in [0.15, 0.2) is 73.6 Å². The molecule has 0 aliphatic carbocycles. The van der Waals surface area contributed by atoms with Crippen LogP contribution >= 0.6 is 11.6 Å². The van der Waals surface area contributed by atoms with Gasteiger partial charge in [-0.2, -0.15) is 5.26 Å². The molecule has 0 unspecified atom stereocenters. The van der Waals surface area contributed by atoms with Crippen LogP contribution in [0.25, 0.3) is 10.9 Å². The van der Waals surface area contributed by atoms with E-state index in [1.807, 2.05) is 25.1 Å². The summed E-state index contributed by atoms with van der Waals surface area (Å²) in [4.78, 5) is 32.6. The number of pyridine rings is 2. The number of nitriles is 1. The van der Waals surface area contributed by atoms with Crippen molar-refractivity contribution in [2.75, 3.05) is 44.0 Å². The number of hydrogen-bond acceptors (Lipinski definition) is 10. The number of fused-ring (bicyclic) bond motifs is 1. The van der Waals surface area contributed by atoms with E-state index in [1.165, 1.54) is 38.2 Å². The van der Waals surface area contributed by atoms with E-state index in [4.69, 9.17) is 31.3 Å². The van der Waals surface area contributed by atoms with Gasteiger partial charge in [-0.3, -0.25) is 19.6 Å². The minimum absolute atomic E-state index is 0.0354. The summed E-state index contributed by atoms with van der Waals surface area (Å²) in [6.07, 6.45) is 7.60. The number of carbonyl (C=O) groups excluding carboxylic acids is 1. The van der Waals surface area contributed by atoms with Gasteiger partial charge in [-0.15, -0.1) is 0 Å². The number of anilines is 3. The first-order valence-corrected chi connectivity index (χ1v) is 16.1. The van der Waals surface area contributed by atoms with Gasteiger partial charge in [0.05, 0.1) is 39.8 Å². The van der Waals surface area contributed by atoms with Gasteiger partial charge in [-0.1, -0.05) is 24.2 Å². The number of amides is 1. The van der Waals surface area contributed by atoms with Crippen molar-refractivity contribution >= 4 is 51.4 Å². The smallest absolute Gasteiger partial charge is 0.303 e. The Morgan fingerprint density at radius 1 is 1.12 bits per heavy atom. The molecule has 0 spiro atoms. The van der Waals surface area contributed by atoms with E-state index in [0.717, 1.165) is 5.69 Å². The molecule has 12 nitrogen and oxygen atoms in total. The SMILES string of the molecule is C=CC(=O)Nc1cc2c(Nc3ccc(OCc4ccccn4)c(Cl)c3)c(C#N)cnc2cc1OCC.CN1CCCC1.O=C(O)CCCO. The Bertz CT molecular complexity index is 1740. The van der Waals surface area contributed by atoms with Crippen molar-refractivity contribution in [3.05, 3.63) is 89.9 Å². The van der Waals surface area contributed by atoms with Crippen molar-refractivity contribution < 1.29 is 29.3 Å². The molecule has 3 heterocycles. The predicted octanol–water partition coefficient (Wildman–Crippen LogP) is 6.56. The molecule has 5 rings (SSSR count). The molecular weight excluding hydrogens is 648 g/mol. The number of likely N-dealkylation sites (tertiary alicyclic amines) is 1. The van der Waals surface area contributed by atoms with E-state index in [9.17, 15) is 14.9 Å². The van der Waals surface area contributed by atoms with Crippen LogP contribution in [0.3, 0.4) is 0 Å².